The number of terminal acetylenes is 1. The fraction of sp³-hybridized carbons (Fsp3) is 0.333. The summed E-state index contributed by atoms with van der Waals surface area (Å²) in [5.74, 6) is 2.75. The Labute approximate surface area is 90.5 Å². The van der Waals surface area contributed by atoms with E-state index in [0.29, 0.717) is 0 Å². The molecule has 0 aliphatic carbocycles. The largest absolute Gasteiger partial charge is 0.369 e. The molecule has 0 saturated heterocycles. The summed E-state index contributed by atoms with van der Waals surface area (Å²) in [5, 5.41) is 4.02. The Morgan fingerprint density at radius 1 is 1.43 bits per heavy atom. The molecule has 2 heteroatoms. The third-order valence-corrected chi connectivity index (χ3v) is 2.54. The van der Waals surface area contributed by atoms with Crippen LogP contribution in [0.3, 0.4) is 0 Å². The van der Waals surface area contributed by atoms with Gasteiger partial charge in [0.2, 0.25) is 0 Å². The number of rotatable bonds is 3. The number of nitrogens with one attached hydrogen (secondary N) is 1. The predicted molar refractivity (Wildman–Crippen MR) is 62.6 cm³/mol. The van der Waals surface area contributed by atoms with E-state index in [2.05, 4.69) is 18.2 Å². The van der Waals surface area contributed by atoms with Crippen LogP contribution >= 0.6 is 11.6 Å². The molecule has 1 rings (SSSR count). The smallest absolute Gasteiger partial charge is 0.0953 e. The maximum atomic E-state index is 5.78. The average molecular weight is 208 g/mol. The fourth-order valence-corrected chi connectivity index (χ4v) is 1.20. The monoisotopic (exact) mass is 207 g/mol. The lowest BCUT2D eigenvalue weighted by atomic mass is 10.00. The molecule has 0 saturated carbocycles. The second-order valence-corrected chi connectivity index (χ2v) is 3.90. The van der Waals surface area contributed by atoms with Gasteiger partial charge in [-0.3, -0.25) is 0 Å². The zero-order valence-corrected chi connectivity index (χ0v) is 9.23. The minimum Gasteiger partial charge on any atom is -0.369 e. The van der Waals surface area contributed by atoms with Gasteiger partial charge in [-0.25, -0.2) is 0 Å². The van der Waals surface area contributed by atoms with Gasteiger partial charge in [-0.15, -0.1) is 6.42 Å². The van der Waals surface area contributed by atoms with Crippen molar-refractivity contribution in [1.82, 2.24) is 0 Å². The normalized spacial score (nSPS) is 14.1. The van der Waals surface area contributed by atoms with Gasteiger partial charge in [0.05, 0.1) is 5.54 Å². The van der Waals surface area contributed by atoms with Crippen molar-refractivity contribution in [1.29, 1.82) is 0 Å². The Morgan fingerprint density at radius 2 is 2.00 bits per heavy atom. The van der Waals surface area contributed by atoms with E-state index in [0.717, 1.165) is 17.1 Å². The molecule has 14 heavy (non-hydrogen) atoms. The van der Waals surface area contributed by atoms with Crippen LogP contribution < -0.4 is 5.32 Å². The van der Waals surface area contributed by atoms with Gasteiger partial charge >= 0.3 is 0 Å². The van der Waals surface area contributed by atoms with Crippen molar-refractivity contribution < 1.29 is 0 Å². The Kier molecular flexibility index (Phi) is 3.43. The van der Waals surface area contributed by atoms with Gasteiger partial charge in [0.25, 0.3) is 0 Å². The molecule has 1 aromatic rings. The molecule has 0 spiro atoms. The van der Waals surface area contributed by atoms with Gasteiger partial charge in [0.1, 0.15) is 0 Å². The number of benzene rings is 1. The number of anilines is 1. The van der Waals surface area contributed by atoms with Crippen molar-refractivity contribution in [2.75, 3.05) is 5.32 Å². The molecular formula is C12H14ClN. The second-order valence-electron chi connectivity index (χ2n) is 3.46. The maximum Gasteiger partial charge on any atom is 0.0953 e. The van der Waals surface area contributed by atoms with E-state index < -0.39 is 0 Å². The first-order chi connectivity index (χ1) is 6.59. The summed E-state index contributed by atoms with van der Waals surface area (Å²) in [6.07, 6.45) is 6.34. The highest BCUT2D eigenvalue weighted by atomic mass is 35.5. The highest BCUT2D eigenvalue weighted by Crippen LogP contribution is 2.19. The molecule has 1 nitrogen and oxygen atoms in total. The molecule has 0 heterocycles. The Hall–Kier alpha value is -1.13. The molecule has 0 radical (unpaired) electrons. The fourth-order valence-electron chi connectivity index (χ4n) is 1.08. The minimum atomic E-state index is -0.284. The highest BCUT2D eigenvalue weighted by Gasteiger charge is 2.17. The summed E-state index contributed by atoms with van der Waals surface area (Å²) >= 11 is 5.78. The van der Waals surface area contributed by atoms with Crippen LogP contribution in [-0.2, 0) is 0 Å². The van der Waals surface area contributed by atoms with Crippen LogP contribution in [0.15, 0.2) is 24.3 Å². The van der Waals surface area contributed by atoms with Crippen LogP contribution in [0.25, 0.3) is 0 Å². The van der Waals surface area contributed by atoms with Crippen LogP contribution in [0.5, 0.6) is 0 Å². The van der Waals surface area contributed by atoms with Crippen LogP contribution in [0.2, 0.25) is 5.02 Å². The first-order valence-corrected chi connectivity index (χ1v) is 4.99. The maximum absolute atomic E-state index is 5.78. The summed E-state index contributed by atoms with van der Waals surface area (Å²) < 4.78 is 0. The molecule has 1 unspecified atom stereocenters. The van der Waals surface area contributed by atoms with Gasteiger partial charge in [-0.1, -0.05) is 24.4 Å². The Morgan fingerprint density at radius 3 is 2.43 bits per heavy atom. The molecule has 0 bridgehead atoms. The van der Waals surface area contributed by atoms with E-state index in [-0.39, 0.29) is 5.54 Å². The van der Waals surface area contributed by atoms with Crippen molar-refractivity contribution in [3.8, 4) is 12.3 Å². The average Bonchev–Trinajstić information content (AvgIpc) is 2.21. The molecular weight excluding hydrogens is 194 g/mol. The van der Waals surface area contributed by atoms with Gasteiger partial charge in [0, 0.05) is 10.7 Å². The lowest BCUT2D eigenvalue weighted by Gasteiger charge is -2.24. The van der Waals surface area contributed by atoms with Gasteiger partial charge in [-0.2, -0.15) is 0 Å². The zero-order valence-electron chi connectivity index (χ0n) is 8.47. The summed E-state index contributed by atoms with van der Waals surface area (Å²) in [6.45, 7) is 4.06. The van der Waals surface area contributed by atoms with Crippen LogP contribution in [-0.4, -0.2) is 5.54 Å². The van der Waals surface area contributed by atoms with Crippen molar-refractivity contribution in [3.05, 3.63) is 29.3 Å². The standard InChI is InChI=1S/C12H14ClN/c1-4-12(3,5-2)14-11-8-6-10(13)7-9-11/h1,6-9,14H,5H2,2-3H3. The SMILES string of the molecule is C#CC(C)(CC)Nc1ccc(Cl)cc1. The van der Waals surface area contributed by atoms with E-state index in [1.54, 1.807) is 0 Å². The first kappa shape index (κ1) is 10.9. The van der Waals surface area contributed by atoms with Crippen molar-refractivity contribution in [2.24, 2.45) is 0 Å². The van der Waals surface area contributed by atoms with E-state index >= 15 is 0 Å². The molecule has 1 N–H and O–H groups in total. The molecule has 1 aromatic carbocycles. The number of halogens is 1. The number of hydrogen-bond acceptors (Lipinski definition) is 1. The van der Waals surface area contributed by atoms with Crippen molar-refractivity contribution >= 4 is 17.3 Å². The first-order valence-electron chi connectivity index (χ1n) is 4.61. The molecule has 0 amide bonds. The molecule has 0 aliphatic rings. The lowest BCUT2D eigenvalue weighted by molar-refractivity contribution is 0.635. The molecule has 1 atom stereocenters. The van der Waals surface area contributed by atoms with Crippen LogP contribution in [0.4, 0.5) is 5.69 Å². The van der Waals surface area contributed by atoms with Gasteiger partial charge < -0.3 is 5.32 Å². The van der Waals surface area contributed by atoms with Gasteiger partial charge in [0.15, 0.2) is 0 Å². The van der Waals surface area contributed by atoms with Crippen molar-refractivity contribution in [2.45, 2.75) is 25.8 Å². The predicted octanol–water partition coefficient (Wildman–Crippen LogP) is 3.55. The molecule has 0 aliphatic heterocycles. The van der Waals surface area contributed by atoms with Crippen LogP contribution in [0, 0.1) is 12.3 Å². The summed E-state index contributed by atoms with van der Waals surface area (Å²) in [7, 11) is 0. The molecule has 0 fully saturated rings. The van der Waals surface area contributed by atoms with Gasteiger partial charge in [-0.05, 0) is 37.6 Å². The van der Waals surface area contributed by atoms with Crippen molar-refractivity contribution in [3.63, 3.8) is 0 Å². The quantitative estimate of drug-likeness (QED) is 0.748. The summed E-state index contributed by atoms with van der Waals surface area (Å²) in [5.41, 5.74) is 0.713. The third-order valence-electron chi connectivity index (χ3n) is 2.29. The molecule has 0 aromatic heterocycles. The minimum absolute atomic E-state index is 0.284. The summed E-state index contributed by atoms with van der Waals surface area (Å²) in [4.78, 5) is 0. The van der Waals surface area contributed by atoms with E-state index in [4.69, 9.17) is 18.0 Å². The topological polar surface area (TPSA) is 12.0 Å². The highest BCUT2D eigenvalue weighted by molar-refractivity contribution is 6.30. The van der Waals surface area contributed by atoms with E-state index in [1.807, 2.05) is 31.2 Å². The Balaban J connectivity index is 2.79. The van der Waals surface area contributed by atoms with Crippen LogP contribution in [0.1, 0.15) is 20.3 Å². The Bertz CT molecular complexity index is 336. The lowest BCUT2D eigenvalue weighted by Crippen LogP contribution is -2.31. The van der Waals surface area contributed by atoms with E-state index in [9.17, 15) is 0 Å². The van der Waals surface area contributed by atoms with E-state index in [1.165, 1.54) is 0 Å². The zero-order chi connectivity index (χ0) is 10.6. The third kappa shape index (κ3) is 2.68. The number of hydrogen-bond donors (Lipinski definition) is 1. The molecule has 74 valence electrons. The second kappa shape index (κ2) is 4.39. The summed E-state index contributed by atoms with van der Waals surface area (Å²) in [6, 6.07) is 7.54.